The van der Waals surface area contributed by atoms with E-state index in [1.165, 1.54) is 0 Å². The molecule has 0 radical (unpaired) electrons. The van der Waals surface area contributed by atoms with Gasteiger partial charge in [0, 0.05) is 37.0 Å². The van der Waals surface area contributed by atoms with Crippen LogP contribution < -0.4 is 4.90 Å². The fourth-order valence-electron chi connectivity index (χ4n) is 3.27. The summed E-state index contributed by atoms with van der Waals surface area (Å²) in [5, 5.41) is 0. The van der Waals surface area contributed by atoms with E-state index in [2.05, 4.69) is 0 Å². The number of anilines is 1. The molecule has 0 fully saturated rings. The fourth-order valence-corrected chi connectivity index (χ4v) is 3.27. The van der Waals surface area contributed by atoms with Crippen LogP contribution in [0.25, 0.3) is 0 Å². The maximum absolute atomic E-state index is 13.2. The van der Waals surface area contributed by atoms with Crippen molar-refractivity contribution in [2.75, 3.05) is 25.0 Å². The molecule has 0 atom stereocenters. The van der Waals surface area contributed by atoms with Crippen molar-refractivity contribution in [3.63, 3.8) is 0 Å². The van der Waals surface area contributed by atoms with Crippen molar-refractivity contribution in [2.45, 2.75) is 13.8 Å². The zero-order valence-electron chi connectivity index (χ0n) is 14.8. The van der Waals surface area contributed by atoms with E-state index in [1.54, 1.807) is 24.3 Å². The van der Waals surface area contributed by atoms with Gasteiger partial charge in [-0.2, -0.15) is 0 Å². The van der Waals surface area contributed by atoms with Gasteiger partial charge >= 0.3 is 0 Å². The normalized spacial score (nSPS) is 13.7. The molecule has 0 N–H and O–H groups in total. The van der Waals surface area contributed by atoms with Gasteiger partial charge in [-0.25, -0.2) is 0 Å². The summed E-state index contributed by atoms with van der Waals surface area (Å²) in [5.74, 6) is -0.194. The lowest BCUT2D eigenvalue weighted by molar-refractivity contribution is 0.0941. The molecule has 0 heterocycles. The summed E-state index contributed by atoms with van der Waals surface area (Å²) in [6.45, 7) is 5.32. The Balaban J connectivity index is 2.23. The quantitative estimate of drug-likeness (QED) is 0.835. The Morgan fingerprint density at radius 3 is 1.72 bits per heavy atom. The third kappa shape index (κ3) is 2.84. The van der Waals surface area contributed by atoms with E-state index in [0.717, 1.165) is 5.69 Å². The lowest BCUT2D eigenvalue weighted by Gasteiger charge is -2.33. The Labute approximate surface area is 148 Å². The molecule has 0 saturated heterocycles. The molecule has 0 saturated carbocycles. The first-order valence-electron chi connectivity index (χ1n) is 8.56. The van der Waals surface area contributed by atoms with Crippen LogP contribution in [0.5, 0.6) is 0 Å². The summed E-state index contributed by atoms with van der Waals surface area (Å²) in [4.78, 5) is 30.2. The topological polar surface area (TPSA) is 40.6 Å². The average Bonchev–Trinajstić information content (AvgIpc) is 2.67. The average molecular weight is 334 g/mol. The van der Waals surface area contributed by atoms with Crippen LogP contribution in [0.4, 0.5) is 5.69 Å². The standard InChI is InChI=1S/C21H22N2O2/c1-4-23(5-2)19-18(22(3)15-11-7-6-8-12-15)20(24)16-13-9-10-14-17(16)21(19)25/h6-14H,4-5H2,1-3H3. The molecular weight excluding hydrogens is 312 g/mol. The van der Waals surface area contributed by atoms with Crippen LogP contribution in [-0.4, -0.2) is 36.6 Å². The Kier molecular flexibility index (Phi) is 4.70. The van der Waals surface area contributed by atoms with E-state index in [0.29, 0.717) is 35.6 Å². The number of carbonyl (C=O) groups excluding carboxylic acids is 2. The molecule has 25 heavy (non-hydrogen) atoms. The van der Waals surface area contributed by atoms with Gasteiger partial charge in [0.05, 0.1) is 0 Å². The minimum atomic E-state index is -0.108. The molecule has 4 nitrogen and oxygen atoms in total. The predicted octanol–water partition coefficient (Wildman–Crippen LogP) is 3.76. The number of carbonyl (C=O) groups is 2. The van der Waals surface area contributed by atoms with E-state index < -0.39 is 0 Å². The highest BCUT2D eigenvalue weighted by Crippen LogP contribution is 2.32. The largest absolute Gasteiger partial charge is 0.367 e. The second-order valence-corrected chi connectivity index (χ2v) is 5.97. The minimum absolute atomic E-state index is 0.0864. The number of allylic oxidation sites excluding steroid dienone is 2. The fraction of sp³-hybridized carbons (Fsp3) is 0.238. The van der Waals surface area contributed by atoms with Crippen LogP contribution in [0.2, 0.25) is 0 Å². The van der Waals surface area contributed by atoms with Crippen LogP contribution in [0.1, 0.15) is 34.6 Å². The third-order valence-corrected chi connectivity index (χ3v) is 4.63. The van der Waals surface area contributed by atoms with Gasteiger partial charge in [0.2, 0.25) is 11.6 Å². The van der Waals surface area contributed by atoms with Crippen molar-refractivity contribution in [3.05, 3.63) is 77.1 Å². The highest BCUT2D eigenvalue weighted by Gasteiger charge is 2.36. The van der Waals surface area contributed by atoms with Crippen molar-refractivity contribution in [2.24, 2.45) is 0 Å². The van der Waals surface area contributed by atoms with E-state index >= 15 is 0 Å². The molecular formula is C21H22N2O2. The van der Waals surface area contributed by atoms with Crippen molar-refractivity contribution in [1.29, 1.82) is 0 Å². The maximum Gasteiger partial charge on any atom is 0.212 e. The van der Waals surface area contributed by atoms with Gasteiger partial charge in [0.1, 0.15) is 11.4 Å². The predicted molar refractivity (Wildman–Crippen MR) is 99.9 cm³/mol. The second-order valence-electron chi connectivity index (χ2n) is 5.97. The summed E-state index contributed by atoms with van der Waals surface area (Å²) in [7, 11) is 1.84. The van der Waals surface area contributed by atoms with E-state index in [1.807, 2.05) is 61.0 Å². The number of nitrogens with zero attached hydrogens (tertiary/aromatic N) is 2. The van der Waals surface area contributed by atoms with Crippen LogP contribution >= 0.6 is 0 Å². The van der Waals surface area contributed by atoms with Gasteiger partial charge in [-0.1, -0.05) is 42.5 Å². The highest BCUT2D eigenvalue weighted by molar-refractivity contribution is 6.27. The molecule has 0 unspecified atom stereocenters. The highest BCUT2D eigenvalue weighted by atomic mass is 16.1. The molecule has 0 aromatic heterocycles. The summed E-state index contributed by atoms with van der Waals surface area (Å²) < 4.78 is 0. The molecule has 2 aromatic carbocycles. The van der Waals surface area contributed by atoms with Crippen molar-refractivity contribution in [3.8, 4) is 0 Å². The number of likely N-dealkylation sites (N-methyl/N-ethyl adjacent to an activating group) is 2. The summed E-state index contributed by atoms with van der Waals surface area (Å²) in [6.07, 6.45) is 0. The summed E-state index contributed by atoms with van der Waals surface area (Å²) in [6, 6.07) is 16.7. The number of fused-ring (bicyclic) bond motifs is 1. The monoisotopic (exact) mass is 334 g/mol. The van der Waals surface area contributed by atoms with E-state index in [-0.39, 0.29) is 11.6 Å². The number of rotatable bonds is 5. The number of benzene rings is 2. The number of ketones is 2. The first-order chi connectivity index (χ1) is 12.1. The molecule has 0 bridgehead atoms. The van der Waals surface area contributed by atoms with Gasteiger partial charge in [-0.05, 0) is 26.0 Å². The molecule has 1 aliphatic rings. The van der Waals surface area contributed by atoms with Crippen molar-refractivity contribution < 1.29 is 9.59 Å². The zero-order chi connectivity index (χ0) is 18.0. The number of hydrogen-bond acceptors (Lipinski definition) is 4. The van der Waals surface area contributed by atoms with Crippen LogP contribution in [-0.2, 0) is 0 Å². The summed E-state index contributed by atoms with van der Waals surface area (Å²) >= 11 is 0. The van der Waals surface area contributed by atoms with Gasteiger partial charge in [0.25, 0.3) is 0 Å². The van der Waals surface area contributed by atoms with Crippen molar-refractivity contribution in [1.82, 2.24) is 4.90 Å². The summed E-state index contributed by atoms with van der Waals surface area (Å²) in [5.41, 5.74) is 2.77. The molecule has 0 aliphatic heterocycles. The number of para-hydroxylation sites is 1. The van der Waals surface area contributed by atoms with Gasteiger partial charge in [-0.3, -0.25) is 9.59 Å². The lowest BCUT2D eigenvalue weighted by Crippen LogP contribution is -2.39. The molecule has 4 heteroatoms. The number of Topliss-reactive ketones (excluding diaryl/α,β-unsaturated/α-hetero) is 2. The van der Waals surface area contributed by atoms with E-state index in [9.17, 15) is 9.59 Å². The van der Waals surface area contributed by atoms with E-state index in [4.69, 9.17) is 0 Å². The smallest absolute Gasteiger partial charge is 0.212 e. The van der Waals surface area contributed by atoms with Gasteiger partial charge < -0.3 is 9.80 Å². The third-order valence-electron chi connectivity index (χ3n) is 4.63. The molecule has 128 valence electrons. The van der Waals surface area contributed by atoms with Crippen LogP contribution in [0.15, 0.2) is 66.0 Å². The Hall–Kier alpha value is -2.88. The van der Waals surface area contributed by atoms with Gasteiger partial charge in [0.15, 0.2) is 0 Å². The Bertz CT molecular complexity index is 836. The Morgan fingerprint density at radius 2 is 1.20 bits per heavy atom. The molecule has 1 aliphatic carbocycles. The molecule has 3 rings (SSSR count). The zero-order valence-corrected chi connectivity index (χ0v) is 14.8. The SMILES string of the molecule is CCN(CC)C1=C(N(C)c2ccccc2)C(=O)c2ccccc2C1=O. The molecule has 2 aromatic rings. The lowest BCUT2D eigenvalue weighted by atomic mass is 9.89. The maximum atomic E-state index is 13.2. The second kappa shape index (κ2) is 6.93. The van der Waals surface area contributed by atoms with Crippen LogP contribution in [0.3, 0.4) is 0 Å². The first-order valence-corrected chi connectivity index (χ1v) is 8.56. The number of hydrogen-bond donors (Lipinski definition) is 0. The van der Waals surface area contributed by atoms with Crippen molar-refractivity contribution >= 4 is 17.3 Å². The molecule has 0 spiro atoms. The minimum Gasteiger partial charge on any atom is -0.367 e. The molecule has 0 amide bonds. The van der Waals surface area contributed by atoms with Gasteiger partial charge in [-0.15, -0.1) is 0 Å². The Morgan fingerprint density at radius 1 is 0.720 bits per heavy atom. The first kappa shape index (κ1) is 17.0. The van der Waals surface area contributed by atoms with Crippen LogP contribution in [0, 0.1) is 0 Å².